The van der Waals surface area contributed by atoms with Crippen LogP contribution < -0.4 is 9.47 Å². The SMILES string of the molecule is COc1ccc(C(=O)N2CCCC2)c(OC2CCN(Cc3cnc(SC)nc3)CC2)c1. The van der Waals surface area contributed by atoms with E-state index in [0.29, 0.717) is 17.1 Å². The lowest BCUT2D eigenvalue weighted by Crippen LogP contribution is -2.38. The Balaban J connectivity index is 1.37. The Kier molecular flexibility index (Phi) is 7.29. The van der Waals surface area contributed by atoms with Gasteiger partial charge in [-0.2, -0.15) is 0 Å². The summed E-state index contributed by atoms with van der Waals surface area (Å²) in [7, 11) is 1.63. The number of thioether (sulfide) groups is 1. The monoisotopic (exact) mass is 442 g/mol. The van der Waals surface area contributed by atoms with Crippen LogP contribution in [0.2, 0.25) is 0 Å². The van der Waals surface area contributed by atoms with Crippen molar-refractivity contribution in [2.45, 2.75) is 43.5 Å². The number of ether oxygens (including phenoxy) is 2. The molecule has 4 rings (SSSR count). The van der Waals surface area contributed by atoms with Crippen molar-refractivity contribution in [1.82, 2.24) is 19.8 Å². The van der Waals surface area contributed by atoms with Crippen LogP contribution in [0.5, 0.6) is 11.5 Å². The summed E-state index contributed by atoms with van der Waals surface area (Å²) in [4.78, 5) is 26.0. The van der Waals surface area contributed by atoms with Crippen LogP contribution in [0.3, 0.4) is 0 Å². The average Bonchev–Trinajstić information content (AvgIpc) is 3.35. The average molecular weight is 443 g/mol. The second kappa shape index (κ2) is 10.3. The fraction of sp³-hybridized carbons (Fsp3) is 0.522. The summed E-state index contributed by atoms with van der Waals surface area (Å²) < 4.78 is 11.7. The third kappa shape index (κ3) is 5.49. The molecule has 2 fully saturated rings. The summed E-state index contributed by atoms with van der Waals surface area (Å²) in [6.07, 6.45) is 9.86. The number of amides is 1. The van der Waals surface area contributed by atoms with Gasteiger partial charge in [0, 0.05) is 56.7 Å². The topological polar surface area (TPSA) is 67.8 Å². The molecule has 166 valence electrons. The van der Waals surface area contributed by atoms with E-state index in [1.165, 1.54) is 0 Å². The molecule has 31 heavy (non-hydrogen) atoms. The van der Waals surface area contributed by atoms with Crippen LogP contribution in [0.4, 0.5) is 0 Å². The molecule has 3 heterocycles. The highest BCUT2D eigenvalue weighted by Crippen LogP contribution is 2.30. The van der Waals surface area contributed by atoms with Crippen molar-refractivity contribution >= 4 is 17.7 Å². The molecule has 1 aromatic carbocycles. The van der Waals surface area contributed by atoms with Crippen LogP contribution in [0, 0.1) is 0 Å². The lowest BCUT2D eigenvalue weighted by molar-refractivity contribution is 0.0764. The number of carbonyl (C=O) groups excluding carboxylic acids is 1. The number of aromatic nitrogens is 2. The second-order valence-electron chi connectivity index (χ2n) is 8.03. The number of hydrogen-bond acceptors (Lipinski definition) is 7. The Hall–Kier alpha value is -2.32. The van der Waals surface area contributed by atoms with Gasteiger partial charge in [0.1, 0.15) is 17.6 Å². The summed E-state index contributed by atoms with van der Waals surface area (Å²) in [5, 5.41) is 0.799. The molecule has 2 aromatic rings. The summed E-state index contributed by atoms with van der Waals surface area (Å²) in [5.74, 6) is 1.40. The van der Waals surface area contributed by atoms with Gasteiger partial charge in [0.2, 0.25) is 0 Å². The predicted molar refractivity (Wildman–Crippen MR) is 121 cm³/mol. The molecule has 7 nitrogen and oxygen atoms in total. The van der Waals surface area contributed by atoms with Crippen LogP contribution >= 0.6 is 11.8 Å². The van der Waals surface area contributed by atoms with E-state index < -0.39 is 0 Å². The smallest absolute Gasteiger partial charge is 0.257 e. The first kappa shape index (κ1) is 21.9. The van der Waals surface area contributed by atoms with Crippen molar-refractivity contribution < 1.29 is 14.3 Å². The Labute approximate surface area is 188 Å². The van der Waals surface area contributed by atoms with Gasteiger partial charge in [-0.05, 0) is 44.1 Å². The van der Waals surface area contributed by atoms with Crippen LogP contribution in [0.15, 0.2) is 35.7 Å². The normalized spacial score (nSPS) is 17.7. The fourth-order valence-electron chi connectivity index (χ4n) is 4.15. The Morgan fingerprint density at radius 1 is 1.13 bits per heavy atom. The lowest BCUT2D eigenvalue weighted by atomic mass is 10.1. The van der Waals surface area contributed by atoms with Gasteiger partial charge in [0.15, 0.2) is 5.16 Å². The third-order valence-electron chi connectivity index (χ3n) is 5.91. The van der Waals surface area contributed by atoms with Crippen molar-refractivity contribution in [3.8, 4) is 11.5 Å². The van der Waals surface area contributed by atoms with E-state index in [-0.39, 0.29) is 12.0 Å². The zero-order valence-electron chi connectivity index (χ0n) is 18.2. The van der Waals surface area contributed by atoms with Crippen LogP contribution in [0.25, 0.3) is 0 Å². The van der Waals surface area contributed by atoms with E-state index >= 15 is 0 Å². The first-order valence-electron chi connectivity index (χ1n) is 10.9. The van der Waals surface area contributed by atoms with E-state index in [0.717, 1.165) is 69.1 Å². The minimum absolute atomic E-state index is 0.0567. The van der Waals surface area contributed by atoms with Gasteiger partial charge in [-0.25, -0.2) is 9.97 Å². The van der Waals surface area contributed by atoms with Gasteiger partial charge in [-0.3, -0.25) is 9.69 Å². The Bertz CT molecular complexity index is 879. The molecule has 0 radical (unpaired) electrons. The number of carbonyl (C=O) groups is 1. The number of hydrogen-bond donors (Lipinski definition) is 0. The number of likely N-dealkylation sites (tertiary alicyclic amines) is 2. The summed E-state index contributed by atoms with van der Waals surface area (Å²) in [6, 6.07) is 5.52. The zero-order valence-corrected chi connectivity index (χ0v) is 19.1. The first-order valence-corrected chi connectivity index (χ1v) is 12.1. The van der Waals surface area contributed by atoms with E-state index in [2.05, 4.69) is 14.9 Å². The molecule has 0 saturated carbocycles. The first-order chi connectivity index (χ1) is 15.2. The number of benzene rings is 1. The highest BCUT2D eigenvalue weighted by atomic mass is 32.2. The van der Waals surface area contributed by atoms with Crippen LogP contribution in [0.1, 0.15) is 41.6 Å². The molecule has 1 aromatic heterocycles. The molecule has 0 spiro atoms. The van der Waals surface area contributed by atoms with Crippen molar-refractivity contribution in [3.63, 3.8) is 0 Å². The van der Waals surface area contributed by atoms with E-state index in [1.54, 1.807) is 18.9 Å². The molecule has 2 saturated heterocycles. The summed E-state index contributed by atoms with van der Waals surface area (Å²) in [5.41, 5.74) is 1.76. The van der Waals surface area contributed by atoms with Gasteiger partial charge >= 0.3 is 0 Å². The maximum Gasteiger partial charge on any atom is 0.257 e. The highest BCUT2D eigenvalue weighted by Gasteiger charge is 2.26. The second-order valence-corrected chi connectivity index (χ2v) is 8.81. The molecule has 0 atom stereocenters. The number of rotatable bonds is 7. The van der Waals surface area contributed by atoms with Gasteiger partial charge in [-0.15, -0.1) is 0 Å². The van der Waals surface area contributed by atoms with E-state index in [9.17, 15) is 4.79 Å². The minimum Gasteiger partial charge on any atom is -0.497 e. The van der Waals surface area contributed by atoms with Gasteiger partial charge in [0.05, 0.1) is 12.7 Å². The maximum absolute atomic E-state index is 13.0. The molecule has 0 N–H and O–H groups in total. The molecule has 2 aliphatic heterocycles. The minimum atomic E-state index is 0.0567. The van der Waals surface area contributed by atoms with Gasteiger partial charge in [0.25, 0.3) is 5.91 Å². The molecule has 1 amide bonds. The van der Waals surface area contributed by atoms with Crippen molar-refractivity contribution in [2.24, 2.45) is 0 Å². The number of piperidine rings is 1. The maximum atomic E-state index is 13.0. The predicted octanol–water partition coefficient (Wildman–Crippen LogP) is 3.49. The summed E-state index contributed by atoms with van der Waals surface area (Å²) in [6.45, 7) is 4.37. The molecule has 2 aliphatic rings. The molecule has 0 unspecified atom stereocenters. The Morgan fingerprint density at radius 3 is 2.48 bits per heavy atom. The molecule has 0 aliphatic carbocycles. The van der Waals surface area contributed by atoms with Crippen LogP contribution in [-0.2, 0) is 6.54 Å². The van der Waals surface area contributed by atoms with Crippen LogP contribution in [-0.4, -0.2) is 71.3 Å². The van der Waals surface area contributed by atoms with Crippen molar-refractivity contribution in [3.05, 3.63) is 41.7 Å². The van der Waals surface area contributed by atoms with Crippen molar-refractivity contribution in [2.75, 3.05) is 39.5 Å². The third-order valence-corrected chi connectivity index (χ3v) is 6.49. The largest absolute Gasteiger partial charge is 0.497 e. The molecular weight excluding hydrogens is 412 g/mol. The number of methoxy groups -OCH3 is 1. The zero-order chi connectivity index (χ0) is 21.6. The van der Waals surface area contributed by atoms with Crippen molar-refractivity contribution in [1.29, 1.82) is 0 Å². The standard InChI is InChI=1S/C23H30N4O3S/c1-29-19-5-6-20(22(28)27-9-3-4-10-27)21(13-19)30-18-7-11-26(12-8-18)16-17-14-24-23(31-2)25-15-17/h5-6,13-15,18H,3-4,7-12,16H2,1-2H3. The summed E-state index contributed by atoms with van der Waals surface area (Å²) >= 11 is 1.55. The van der Waals surface area contributed by atoms with Gasteiger partial charge < -0.3 is 14.4 Å². The highest BCUT2D eigenvalue weighted by molar-refractivity contribution is 7.98. The fourth-order valence-corrected chi connectivity index (χ4v) is 4.46. The molecule has 0 bridgehead atoms. The molecule has 8 heteroatoms. The lowest BCUT2D eigenvalue weighted by Gasteiger charge is -2.32. The van der Waals surface area contributed by atoms with Gasteiger partial charge in [-0.1, -0.05) is 11.8 Å². The van der Waals surface area contributed by atoms with E-state index in [1.807, 2.05) is 41.7 Å². The Morgan fingerprint density at radius 2 is 1.84 bits per heavy atom. The number of nitrogens with zero attached hydrogens (tertiary/aromatic N) is 4. The van der Waals surface area contributed by atoms with E-state index in [4.69, 9.17) is 9.47 Å². The molecular formula is C23H30N4O3S. The quantitative estimate of drug-likeness (QED) is 0.480.